The number of nitrogens with zero attached hydrogens (tertiary/aromatic N) is 2. The normalized spacial score (nSPS) is 14.2. The molecular weight excluding hydrogens is 442 g/mol. The maximum Gasteiger partial charge on any atom is 0.280 e. The number of amides is 2. The maximum absolute atomic E-state index is 13.0. The summed E-state index contributed by atoms with van der Waals surface area (Å²) in [4.78, 5) is 25.3. The summed E-state index contributed by atoms with van der Waals surface area (Å²) in [7, 11) is 1.53. The number of rotatable bonds is 7. The van der Waals surface area contributed by atoms with Gasteiger partial charge in [-0.15, -0.1) is 0 Å². The lowest BCUT2D eigenvalue weighted by Gasteiger charge is -2.13. The van der Waals surface area contributed by atoms with Gasteiger partial charge in [-0.2, -0.15) is 10.1 Å². The molecule has 0 spiro atoms. The van der Waals surface area contributed by atoms with Crippen LogP contribution in [-0.2, 0) is 9.59 Å². The Morgan fingerprint density at radius 1 is 0.971 bits per heavy atom. The lowest BCUT2D eigenvalue weighted by molar-refractivity contribution is -0.118. The number of carbonyl (C=O) groups is 2. The van der Waals surface area contributed by atoms with Crippen molar-refractivity contribution in [1.29, 1.82) is 0 Å². The van der Waals surface area contributed by atoms with Crippen LogP contribution < -0.4 is 19.8 Å². The maximum atomic E-state index is 13.0. The van der Waals surface area contributed by atoms with Crippen LogP contribution in [-0.4, -0.2) is 31.2 Å². The molecule has 0 unspecified atom stereocenters. The average Bonchev–Trinajstić information content (AvgIpc) is 3.13. The minimum Gasteiger partial charge on any atom is -0.493 e. The predicted octanol–water partition coefficient (Wildman–Crippen LogP) is 5.14. The molecule has 4 rings (SSSR count). The first-order valence-corrected chi connectivity index (χ1v) is 11.2. The Labute approximate surface area is 204 Å². The number of aryl methyl sites for hydroxylation is 2. The van der Waals surface area contributed by atoms with Crippen LogP contribution in [0.5, 0.6) is 11.5 Å². The monoisotopic (exact) mass is 469 g/mol. The predicted molar refractivity (Wildman–Crippen MR) is 138 cm³/mol. The molecular formula is C28H27N3O4. The van der Waals surface area contributed by atoms with Gasteiger partial charge in [-0.1, -0.05) is 35.9 Å². The summed E-state index contributed by atoms with van der Waals surface area (Å²) >= 11 is 0. The molecule has 7 heteroatoms. The van der Waals surface area contributed by atoms with Crippen molar-refractivity contribution in [3.8, 4) is 11.5 Å². The third-order valence-electron chi connectivity index (χ3n) is 5.50. The first-order chi connectivity index (χ1) is 16.8. The number of hydrogen-bond acceptors (Lipinski definition) is 5. The molecule has 35 heavy (non-hydrogen) atoms. The Balaban J connectivity index is 1.46. The standard InChI is InChI=1S/C28H27N3O4/c1-18-8-11-22(12-9-18)29-27(32)17-35-25-13-10-21(16-26(25)34-4)15-24-20(3)30-31(28(24)33)23-7-5-6-19(2)14-23/h5-16H,17H2,1-4H3,(H,29,32)/b24-15-. The fraction of sp³-hybridized carbons (Fsp3) is 0.179. The smallest absolute Gasteiger partial charge is 0.280 e. The largest absolute Gasteiger partial charge is 0.493 e. The van der Waals surface area contributed by atoms with Crippen molar-refractivity contribution in [3.05, 3.63) is 89.0 Å². The van der Waals surface area contributed by atoms with Crippen LogP contribution in [0.1, 0.15) is 23.6 Å². The summed E-state index contributed by atoms with van der Waals surface area (Å²) in [6.45, 7) is 5.60. The van der Waals surface area contributed by atoms with Crippen molar-refractivity contribution in [3.63, 3.8) is 0 Å². The van der Waals surface area contributed by atoms with E-state index in [1.807, 2.05) is 62.4 Å². The molecule has 178 valence electrons. The molecule has 0 bridgehead atoms. The molecule has 3 aromatic carbocycles. The lowest BCUT2D eigenvalue weighted by atomic mass is 10.1. The first-order valence-electron chi connectivity index (χ1n) is 11.2. The molecule has 0 aromatic heterocycles. The molecule has 7 nitrogen and oxygen atoms in total. The molecule has 2 amide bonds. The molecule has 0 fully saturated rings. The van der Waals surface area contributed by atoms with E-state index in [0.717, 1.165) is 22.4 Å². The van der Waals surface area contributed by atoms with Gasteiger partial charge in [0.25, 0.3) is 11.8 Å². The Hall–Kier alpha value is -4.39. The number of benzene rings is 3. The van der Waals surface area contributed by atoms with Crippen LogP contribution in [0.4, 0.5) is 11.4 Å². The van der Waals surface area contributed by atoms with Crippen LogP contribution in [0.3, 0.4) is 0 Å². The van der Waals surface area contributed by atoms with E-state index in [2.05, 4.69) is 10.4 Å². The fourth-order valence-electron chi connectivity index (χ4n) is 3.66. The average molecular weight is 470 g/mol. The van der Waals surface area contributed by atoms with Crippen LogP contribution >= 0.6 is 0 Å². The third kappa shape index (κ3) is 5.58. The summed E-state index contributed by atoms with van der Waals surface area (Å²) in [6, 6.07) is 20.5. The van der Waals surface area contributed by atoms with Gasteiger partial charge in [-0.05, 0) is 74.4 Å². The number of hydrazone groups is 1. The molecule has 0 saturated heterocycles. The van der Waals surface area contributed by atoms with Gasteiger partial charge in [-0.25, -0.2) is 0 Å². The van der Waals surface area contributed by atoms with Crippen molar-refractivity contribution in [1.82, 2.24) is 0 Å². The van der Waals surface area contributed by atoms with E-state index in [-0.39, 0.29) is 18.4 Å². The molecule has 3 aromatic rings. The Bertz CT molecular complexity index is 1330. The van der Waals surface area contributed by atoms with Gasteiger partial charge in [0.2, 0.25) is 0 Å². The van der Waals surface area contributed by atoms with Gasteiger partial charge in [-0.3, -0.25) is 9.59 Å². The summed E-state index contributed by atoms with van der Waals surface area (Å²) in [5.41, 5.74) is 5.47. The Morgan fingerprint density at radius 2 is 1.74 bits per heavy atom. The number of ether oxygens (including phenoxy) is 2. The fourth-order valence-corrected chi connectivity index (χ4v) is 3.66. The Kier molecular flexibility index (Phi) is 6.96. The second kappa shape index (κ2) is 10.3. The molecule has 1 N–H and O–H groups in total. The number of anilines is 2. The molecule has 1 heterocycles. The SMILES string of the molecule is COc1cc(/C=C2\C(=O)N(c3cccc(C)c3)N=C2C)ccc1OCC(=O)Nc1ccc(C)cc1. The highest BCUT2D eigenvalue weighted by molar-refractivity contribution is 6.32. The minimum absolute atomic E-state index is 0.166. The zero-order chi connectivity index (χ0) is 24.9. The molecule has 0 atom stereocenters. The van der Waals surface area contributed by atoms with Crippen molar-refractivity contribution < 1.29 is 19.1 Å². The van der Waals surface area contributed by atoms with Gasteiger partial charge >= 0.3 is 0 Å². The second-order valence-corrected chi connectivity index (χ2v) is 8.31. The molecule has 1 aliphatic heterocycles. The quantitative estimate of drug-likeness (QED) is 0.486. The number of nitrogens with one attached hydrogen (secondary N) is 1. The van der Waals surface area contributed by atoms with Crippen molar-refractivity contribution >= 4 is 35.0 Å². The lowest BCUT2D eigenvalue weighted by Crippen LogP contribution is -2.21. The summed E-state index contributed by atoms with van der Waals surface area (Å²) in [6.07, 6.45) is 1.77. The topological polar surface area (TPSA) is 80.2 Å². The van der Waals surface area contributed by atoms with Crippen molar-refractivity contribution in [2.24, 2.45) is 5.10 Å². The second-order valence-electron chi connectivity index (χ2n) is 8.31. The van der Waals surface area contributed by atoms with E-state index in [1.54, 1.807) is 31.2 Å². The summed E-state index contributed by atoms with van der Waals surface area (Å²) < 4.78 is 11.1. The van der Waals surface area contributed by atoms with E-state index in [4.69, 9.17) is 9.47 Å². The highest BCUT2D eigenvalue weighted by atomic mass is 16.5. The molecule has 0 radical (unpaired) electrons. The van der Waals surface area contributed by atoms with Gasteiger partial charge in [0.15, 0.2) is 18.1 Å². The Morgan fingerprint density at radius 3 is 2.46 bits per heavy atom. The van der Waals surface area contributed by atoms with Crippen LogP contribution in [0.25, 0.3) is 6.08 Å². The molecule has 0 aliphatic carbocycles. The highest BCUT2D eigenvalue weighted by Crippen LogP contribution is 2.31. The zero-order valence-corrected chi connectivity index (χ0v) is 20.2. The minimum atomic E-state index is -0.276. The van der Waals surface area contributed by atoms with E-state index >= 15 is 0 Å². The van der Waals surface area contributed by atoms with Crippen LogP contribution in [0.2, 0.25) is 0 Å². The van der Waals surface area contributed by atoms with E-state index in [1.165, 1.54) is 12.1 Å². The first kappa shape index (κ1) is 23.8. The number of methoxy groups -OCH3 is 1. The third-order valence-corrected chi connectivity index (χ3v) is 5.50. The zero-order valence-electron chi connectivity index (χ0n) is 20.2. The van der Waals surface area contributed by atoms with E-state index in [0.29, 0.717) is 28.5 Å². The molecule has 0 saturated carbocycles. The van der Waals surface area contributed by atoms with E-state index < -0.39 is 0 Å². The number of carbonyl (C=O) groups excluding carboxylic acids is 2. The van der Waals surface area contributed by atoms with Crippen molar-refractivity contribution in [2.45, 2.75) is 20.8 Å². The molecule has 1 aliphatic rings. The van der Waals surface area contributed by atoms with Gasteiger partial charge in [0.1, 0.15) is 0 Å². The van der Waals surface area contributed by atoms with Crippen LogP contribution in [0.15, 0.2) is 77.4 Å². The van der Waals surface area contributed by atoms with Gasteiger partial charge < -0.3 is 14.8 Å². The van der Waals surface area contributed by atoms with Gasteiger partial charge in [0.05, 0.1) is 24.1 Å². The summed E-state index contributed by atoms with van der Waals surface area (Å²) in [5, 5.41) is 8.65. The highest BCUT2D eigenvalue weighted by Gasteiger charge is 2.28. The van der Waals surface area contributed by atoms with Crippen LogP contribution in [0, 0.1) is 13.8 Å². The van der Waals surface area contributed by atoms with Gasteiger partial charge in [0, 0.05) is 5.69 Å². The van der Waals surface area contributed by atoms with E-state index in [9.17, 15) is 9.59 Å². The number of hydrogen-bond donors (Lipinski definition) is 1. The van der Waals surface area contributed by atoms with Crippen molar-refractivity contribution in [2.75, 3.05) is 24.0 Å². The summed E-state index contributed by atoms with van der Waals surface area (Å²) in [5.74, 6) is 0.415.